The lowest BCUT2D eigenvalue weighted by atomic mass is 9.46. The summed E-state index contributed by atoms with van der Waals surface area (Å²) in [6.45, 7) is 11.4. The van der Waals surface area contributed by atoms with Gasteiger partial charge in [0.25, 0.3) is 0 Å². The lowest BCUT2D eigenvalue weighted by molar-refractivity contribution is -0.134. The summed E-state index contributed by atoms with van der Waals surface area (Å²) in [4.78, 5) is 0. The molecule has 7 unspecified atom stereocenters. The molecule has 1 aliphatic heterocycles. The second-order valence-electron chi connectivity index (χ2n) is 12.6. The zero-order chi connectivity index (χ0) is 19.5. The quantitative estimate of drug-likeness (QED) is 0.584. The summed E-state index contributed by atoms with van der Waals surface area (Å²) in [6.07, 6.45) is 16.0. The zero-order valence-electron chi connectivity index (χ0n) is 18.3. The lowest BCUT2D eigenvalue weighted by Gasteiger charge is -2.59. The molecule has 5 saturated carbocycles. The van der Waals surface area contributed by atoms with E-state index in [2.05, 4.69) is 27.4 Å². The maximum atomic E-state index is 10.8. The molecule has 0 aromatic rings. The van der Waals surface area contributed by atoms with E-state index in [9.17, 15) is 5.11 Å². The van der Waals surface area contributed by atoms with E-state index in [1.54, 1.807) is 0 Å². The Hall–Kier alpha value is -0.340. The standard InChI is InChI=1S/C26H40O2/c1-5-16-6-7-18-20(28-16)14-19-17-8-9-21-23(2,3)22(27)10-11-26(21)15-25(17,26)13-12-24(18,19)4/h5,16-22,27H,1,6-15H2,2-4H3/t16?,17?,18?,19?,20?,21?,22-,24+,25-,26?/m0/s1. The average molecular weight is 385 g/mol. The van der Waals surface area contributed by atoms with Crippen LogP contribution in [0.5, 0.6) is 0 Å². The Bertz CT molecular complexity index is 699. The fourth-order valence-corrected chi connectivity index (χ4v) is 10.4. The maximum Gasteiger partial charge on any atom is 0.0757 e. The molecular weight excluding hydrogens is 344 g/mol. The van der Waals surface area contributed by atoms with E-state index < -0.39 is 0 Å². The molecule has 0 aromatic carbocycles. The molecule has 156 valence electrons. The summed E-state index contributed by atoms with van der Waals surface area (Å²) in [6, 6.07) is 0. The van der Waals surface area contributed by atoms with Gasteiger partial charge in [-0.2, -0.15) is 0 Å². The van der Waals surface area contributed by atoms with Gasteiger partial charge in [0.1, 0.15) is 0 Å². The van der Waals surface area contributed by atoms with Crippen molar-refractivity contribution in [2.45, 2.75) is 103 Å². The summed E-state index contributed by atoms with van der Waals surface area (Å²) in [5.41, 5.74) is 1.80. The summed E-state index contributed by atoms with van der Waals surface area (Å²) in [5.74, 6) is 3.32. The molecule has 2 heteroatoms. The van der Waals surface area contributed by atoms with Crippen molar-refractivity contribution in [3.63, 3.8) is 0 Å². The Balaban J connectivity index is 1.33. The molecule has 28 heavy (non-hydrogen) atoms. The van der Waals surface area contributed by atoms with Crippen molar-refractivity contribution in [3.05, 3.63) is 12.7 Å². The van der Waals surface area contributed by atoms with Crippen LogP contribution in [0.1, 0.15) is 85.0 Å². The molecule has 1 N–H and O–H groups in total. The lowest BCUT2D eigenvalue weighted by Crippen LogP contribution is -2.54. The van der Waals surface area contributed by atoms with Gasteiger partial charge < -0.3 is 9.84 Å². The minimum Gasteiger partial charge on any atom is -0.393 e. The van der Waals surface area contributed by atoms with E-state index in [1.807, 2.05) is 6.08 Å². The largest absolute Gasteiger partial charge is 0.393 e. The van der Waals surface area contributed by atoms with Crippen molar-refractivity contribution in [2.75, 3.05) is 0 Å². The van der Waals surface area contributed by atoms with Crippen molar-refractivity contribution < 1.29 is 9.84 Å². The van der Waals surface area contributed by atoms with Gasteiger partial charge in [-0.3, -0.25) is 0 Å². The third kappa shape index (κ3) is 1.94. The normalized spacial score (nSPS) is 61.2. The molecule has 2 nitrogen and oxygen atoms in total. The number of ether oxygens (including phenoxy) is 1. The molecule has 10 atom stereocenters. The second kappa shape index (κ2) is 5.47. The minimum atomic E-state index is -0.0928. The average Bonchev–Trinajstić information content (AvgIpc) is 3.25. The highest BCUT2D eigenvalue weighted by Crippen LogP contribution is 2.87. The van der Waals surface area contributed by atoms with Gasteiger partial charge in [-0.1, -0.05) is 26.8 Å². The summed E-state index contributed by atoms with van der Waals surface area (Å²) < 4.78 is 6.54. The molecule has 6 aliphatic rings. The van der Waals surface area contributed by atoms with Crippen LogP contribution < -0.4 is 0 Å². The number of rotatable bonds is 1. The van der Waals surface area contributed by atoms with Gasteiger partial charge >= 0.3 is 0 Å². The van der Waals surface area contributed by atoms with Crippen molar-refractivity contribution >= 4 is 0 Å². The fourth-order valence-electron chi connectivity index (χ4n) is 10.4. The van der Waals surface area contributed by atoms with Gasteiger partial charge in [0, 0.05) is 0 Å². The van der Waals surface area contributed by atoms with E-state index in [0.29, 0.717) is 28.5 Å². The maximum absolute atomic E-state index is 10.8. The van der Waals surface area contributed by atoms with Gasteiger partial charge in [0.05, 0.1) is 18.3 Å². The summed E-state index contributed by atoms with van der Waals surface area (Å²) in [5, 5.41) is 10.8. The van der Waals surface area contributed by atoms with Gasteiger partial charge in [-0.25, -0.2) is 0 Å². The Morgan fingerprint density at radius 3 is 2.46 bits per heavy atom. The van der Waals surface area contributed by atoms with Crippen LogP contribution in [0.25, 0.3) is 0 Å². The monoisotopic (exact) mass is 384 g/mol. The molecule has 0 radical (unpaired) electrons. The third-order valence-corrected chi connectivity index (χ3v) is 11.9. The summed E-state index contributed by atoms with van der Waals surface area (Å²) >= 11 is 0. The predicted molar refractivity (Wildman–Crippen MR) is 112 cm³/mol. The first kappa shape index (κ1) is 18.4. The predicted octanol–water partition coefficient (Wildman–Crippen LogP) is 5.74. The van der Waals surface area contributed by atoms with Crippen LogP contribution in [0.4, 0.5) is 0 Å². The molecule has 6 rings (SSSR count). The highest BCUT2D eigenvalue weighted by molar-refractivity contribution is 5.29. The van der Waals surface area contributed by atoms with Gasteiger partial charge in [0.15, 0.2) is 0 Å². The SMILES string of the molecule is C=CC1CCC2C(CC3C4CCC5C(C)(C)[C@@H](O)CCC56C[C@@]46CC[C@]23C)O1. The van der Waals surface area contributed by atoms with Crippen LogP contribution in [0.15, 0.2) is 12.7 Å². The van der Waals surface area contributed by atoms with Crippen LogP contribution >= 0.6 is 0 Å². The molecular formula is C26H40O2. The van der Waals surface area contributed by atoms with E-state index in [-0.39, 0.29) is 11.5 Å². The number of aliphatic hydroxyl groups excluding tert-OH is 1. The van der Waals surface area contributed by atoms with E-state index in [0.717, 1.165) is 30.1 Å². The molecule has 0 aromatic heterocycles. The van der Waals surface area contributed by atoms with Crippen molar-refractivity contribution in [2.24, 2.45) is 45.3 Å². The van der Waals surface area contributed by atoms with Crippen molar-refractivity contribution in [1.82, 2.24) is 0 Å². The molecule has 0 amide bonds. The number of aliphatic hydroxyl groups is 1. The third-order valence-electron chi connectivity index (χ3n) is 11.9. The van der Waals surface area contributed by atoms with Crippen LogP contribution in [-0.2, 0) is 4.74 Å². The molecule has 6 fully saturated rings. The first-order valence-corrected chi connectivity index (χ1v) is 12.2. The Morgan fingerprint density at radius 1 is 0.893 bits per heavy atom. The van der Waals surface area contributed by atoms with Crippen LogP contribution in [0.2, 0.25) is 0 Å². The second-order valence-corrected chi connectivity index (χ2v) is 12.6. The van der Waals surface area contributed by atoms with E-state index >= 15 is 0 Å². The number of fused-ring (bicyclic) bond motifs is 4. The van der Waals surface area contributed by atoms with Crippen molar-refractivity contribution in [3.8, 4) is 0 Å². The topological polar surface area (TPSA) is 29.5 Å². The zero-order valence-corrected chi connectivity index (χ0v) is 18.3. The minimum absolute atomic E-state index is 0.0928. The van der Waals surface area contributed by atoms with Crippen LogP contribution in [0.3, 0.4) is 0 Å². The molecule has 5 aliphatic carbocycles. The molecule has 2 spiro atoms. The van der Waals surface area contributed by atoms with Gasteiger partial charge in [0.2, 0.25) is 0 Å². The van der Waals surface area contributed by atoms with Gasteiger partial charge in [-0.15, -0.1) is 6.58 Å². The van der Waals surface area contributed by atoms with E-state index in [1.165, 1.54) is 57.8 Å². The smallest absolute Gasteiger partial charge is 0.0757 e. The first-order valence-electron chi connectivity index (χ1n) is 12.2. The Labute approximate surface area is 171 Å². The molecule has 1 heterocycles. The van der Waals surface area contributed by atoms with Gasteiger partial charge in [-0.05, 0) is 110 Å². The first-order chi connectivity index (χ1) is 13.3. The van der Waals surface area contributed by atoms with E-state index in [4.69, 9.17) is 4.74 Å². The number of hydrogen-bond donors (Lipinski definition) is 1. The number of hydrogen-bond acceptors (Lipinski definition) is 2. The highest BCUT2D eigenvalue weighted by atomic mass is 16.5. The molecule has 1 saturated heterocycles. The van der Waals surface area contributed by atoms with Crippen LogP contribution in [-0.4, -0.2) is 23.4 Å². The molecule has 0 bridgehead atoms. The Morgan fingerprint density at radius 2 is 1.68 bits per heavy atom. The van der Waals surface area contributed by atoms with Crippen LogP contribution in [0, 0.1) is 45.3 Å². The Kier molecular flexibility index (Phi) is 3.60. The summed E-state index contributed by atoms with van der Waals surface area (Å²) in [7, 11) is 0. The van der Waals surface area contributed by atoms with Crippen molar-refractivity contribution in [1.29, 1.82) is 0 Å². The highest BCUT2D eigenvalue weighted by Gasteiger charge is 2.80. The fraction of sp³-hybridized carbons (Fsp3) is 0.923.